The zero-order valence-corrected chi connectivity index (χ0v) is 11.7. The van der Waals surface area contributed by atoms with Crippen LogP contribution in [0.25, 0.3) is 0 Å². The molecule has 0 aliphatic rings. The van der Waals surface area contributed by atoms with Gasteiger partial charge in [-0.25, -0.2) is 0 Å². The van der Waals surface area contributed by atoms with Crippen LogP contribution in [0, 0.1) is 10.1 Å². The minimum absolute atomic E-state index is 0.0460. The Morgan fingerprint density at radius 2 is 1.65 bits per heavy atom. The van der Waals surface area contributed by atoms with Crippen molar-refractivity contribution in [3.63, 3.8) is 0 Å². The third kappa shape index (κ3) is 5.17. The highest BCUT2D eigenvalue weighted by atomic mass is 19.4. The molecule has 0 atom stereocenters. The van der Waals surface area contributed by atoms with Crippen molar-refractivity contribution in [2.75, 3.05) is 6.61 Å². The molecule has 0 bridgehead atoms. The first-order valence-corrected chi connectivity index (χ1v) is 6.50. The highest BCUT2D eigenvalue weighted by Gasteiger charge is 2.28. The second kappa shape index (κ2) is 6.99. The van der Waals surface area contributed by atoms with E-state index in [2.05, 4.69) is 4.74 Å². The smallest absolute Gasteiger partial charge is 0.422 e. The fourth-order valence-corrected chi connectivity index (χ4v) is 1.74. The Hall–Kier alpha value is -2.77. The Labute approximate surface area is 129 Å². The number of hydrogen-bond acceptors (Lipinski definition) is 4. The van der Waals surface area contributed by atoms with Gasteiger partial charge in [-0.05, 0) is 23.8 Å². The molecular formula is C15H12F3NO4. The first-order chi connectivity index (χ1) is 10.8. The summed E-state index contributed by atoms with van der Waals surface area (Å²) in [7, 11) is 0. The molecule has 0 saturated heterocycles. The van der Waals surface area contributed by atoms with E-state index >= 15 is 0 Å². The number of benzene rings is 2. The van der Waals surface area contributed by atoms with Crippen LogP contribution < -0.4 is 9.47 Å². The summed E-state index contributed by atoms with van der Waals surface area (Å²) in [5.74, 6) is 0.201. The van der Waals surface area contributed by atoms with Crippen LogP contribution in [0.5, 0.6) is 11.5 Å². The highest BCUT2D eigenvalue weighted by molar-refractivity contribution is 5.45. The molecule has 2 aromatic carbocycles. The fourth-order valence-electron chi connectivity index (χ4n) is 1.74. The molecule has 0 heterocycles. The summed E-state index contributed by atoms with van der Waals surface area (Å²) >= 11 is 0. The van der Waals surface area contributed by atoms with E-state index < -0.39 is 17.7 Å². The monoisotopic (exact) mass is 327 g/mol. The number of hydrogen-bond donors (Lipinski definition) is 0. The number of para-hydroxylation sites is 2. The Balaban J connectivity index is 1.96. The van der Waals surface area contributed by atoms with Gasteiger partial charge in [0, 0.05) is 6.07 Å². The number of nitro benzene ring substituents is 1. The van der Waals surface area contributed by atoms with Gasteiger partial charge in [0.15, 0.2) is 12.4 Å². The molecule has 0 unspecified atom stereocenters. The van der Waals surface area contributed by atoms with Crippen molar-refractivity contribution in [1.82, 2.24) is 0 Å². The number of ether oxygens (including phenoxy) is 2. The van der Waals surface area contributed by atoms with Gasteiger partial charge in [-0.15, -0.1) is 0 Å². The van der Waals surface area contributed by atoms with Crippen molar-refractivity contribution in [3.8, 4) is 11.5 Å². The van der Waals surface area contributed by atoms with Crippen LogP contribution in [0.3, 0.4) is 0 Å². The van der Waals surface area contributed by atoms with E-state index in [-0.39, 0.29) is 23.8 Å². The van der Waals surface area contributed by atoms with E-state index in [4.69, 9.17) is 4.74 Å². The zero-order valence-electron chi connectivity index (χ0n) is 11.7. The van der Waals surface area contributed by atoms with Gasteiger partial charge in [0.05, 0.1) is 4.92 Å². The molecule has 2 aromatic rings. The summed E-state index contributed by atoms with van der Waals surface area (Å²) in [4.78, 5) is 10.3. The van der Waals surface area contributed by atoms with Crippen LogP contribution in [0.4, 0.5) is 18.9 Å². The Morgan fingerprint density at radius 1 is 1.00 bits per heavy atom. The van der Waals surface area contributed by atoms with Crippen LogP contribution in [0.15, 0.2) is 48.5 Å². The molecule has 0 aliphatic carbocycles. The summed E-state index contributed by atoms with van der Waals surface area (Å²) in [5.41, 5.74) is 0.486. The van der Waals surface area contributed by atoms with Crippen LogP contribution in [0.1, 0.15) is 5.56 Å². The maximum absolute atomic E-state index is 12.0. The number of alkyl halides is 3. The van der Waals surface area contributed by atoms with Gasteiger partial charge >= 0.3 is 11.9 Å². The Bertz CT molecular complexity index is 671. The molecule has 8 heteroatoms. The van der Waals surface area contributed by atoms with Crippen molar-refractivity contribution in [2.24, 2.45) is 0 Å². The van der Waals surface area contributed by atoms with Gasteiger partial charge in [0.1, 0.15) is 12.4 Å². The van der Waals surface area contributed by atoms with Gasteiger partial charge in [-0.2, -0.15) is 13.2 Å². The van der Waals surface area contributed by atoms with Gasteiger partial charge in [-0.1, -0.05) is 24.3 Å². The van der Waals surface area contributed by atoms with E-state index in [1.165, 1.54) is 42.5 Å². The molecule has 0 radical (unpaired) electrons. The third-order valence-electron chi connectivity index (χ3n) is 2.78. The maximum atomic E-state index is 12.0. The molecule has 0 amide bonds. The van der Waals surface area contributed by atoms with Crippen LogP contribution >= 0.6 is 0 Å². The minimum atomic E-state index is -4.39. The highest BCUT2D eigenvalue weighted by Crippen LogP contribution is 2.27. The second-order valence-electron chi connectivity index (χ2n) is 4.56. The molecule has 5 nitrogen and oxygen atoms in total. The van der Waals surface area contributed by atoms with Crippen LogP contribution in [-0.4, -0.2) is 17.7 Å². The SMILES string of the molecule is O=[N+]([O-])c1ccccc1OCc1ccc(OCC(F)(F)F)cc1. The molecule has 0 aromatic heterocycles. The summed E-state index contributed by atoms with van der Waals surface area (Å²) < 4.78 is 46.1. The number of halogens is 3. The lowest BCUT2D eigenvalue weighted by molar-refractivity contribution is -0.385. The Kier molecular flexibility index (Phi) is 5.05. The summed E-state index contributed by atoms with van der Waals surface area (Å²) in [6, 6.07) is 11.7. The van der Waals surface area contributed by atoms with E-state index in [1.807, 2.05) is 0 Å². The van der Waals surface area contributed by atoms with Gasteiger partial charge in [0.25, 0.3) is 0 Å². The van der Waals surface area contributed by atoms with E-state index in [0.29, 0.717) is 5.56 Å². The molecule has 23 heavy (non-hydrogen) atoms. The normalized spacial score (nSPS) is 11.1. The topological polar surface area (TPSA) is 61.6 Å². The third-order valence-corrected chi connectivity index (χ3v) is 2.78. The van der Waals surface area contributed by atoms with Crippen molar-refractivity contribution in [2.45, 2.75) is 12.8 Å². The summed E-state index contributed by atoms with van der Waals surface area (Å²) in [5, 5.41) is 10.8. The quantitative estimate of drug-likeness (QED) is 0.591. The molecule has 2 rings (SSSR count). The number of nitro groups is 1. The van der Waals surface area contributed by atoms with Gasteiger partial charge in [0.2, 0.25) is 0 Å². The predicted molar refractivity (Wildman–Crippen MR) is 75.4 cm³/mol. The molecule has 0 saturated carbocycles. The van der Waals surface area contributed by atoms with Crippen molar-refractivity contribution >= 4 is 5.69 Å². The van der Waals surface area contributed by atoms with Crippen LogP contribution in [0.2, 0.25) is 0 Å². The van der Waals surface area contributed by atoms with E-state index in [9.17, 15) is 23.3 Å². The first kappa shape index (κ1) is 16.6. The lowest BCUT2D eigenvalue weighted by Crippen LogP contribution is -2.19. The number of nitrogens with zero attached hydrogens (tertiary/aromatic N) is 1. The van der Waals surface area contributed by atoms with Crippen molar-refractivity contribution < 1.29 is 27.6 Å². The second-order valence-corrected chi connectivity index (χ2v) is 4.56. The fraction of sp³-hybridized carbons (Fsp3) is 0.200. The van der Waals surface area contributed by atoms with Crippen LogP contribution in [-0.2, 0) is 6.61 Å². The van der Waals surface area contributed by atoms with E-state index in [1.54, 1.807) is 6.07 Å². The largest absolute Gasteiger partial charge is 0.484 e. The molecule has 0 spiro atoms. The summed E-state index contributed by atoms with van der Waals surface area (Å²) in [6.45, 7) is -1.32. The van der Waals surface area contributed by atoms with Gasteiger partial charge < -0.3 is 9.47 Å². The molecule has 0 N–H and O–H groups in total. The standard InChI is InChI=1S/C15H12F3NO4/c16-15(17,18)10-23-12-7-5-11(6-8-12)9-22-14-4-2-1-3-13(14)19(20)21/h1-8H,9-10H2. The average molecular weight is 327 g/mol. The minimum Gasteiger partial charge on any atom is -0.484 e. The molecular weight excluding hydrogens is 315 g/mol. The van der Waals surface area contributed by atoms with Crippen molar-refractivity contribution in [1.29, 1.82) is 0 Å². The van der Waals surface area contributed by atoms with E-state index in [0.717, 1.165) is 0 Å². The predicted octanol–water partition coefficient (Wildman–Crippen LogP) is 4.11. The zero-order chi connectivity index (χ0) is 16.9. The van der Waals surface area contributed by atoms with Gasteiger partial charge in [-0.3, -0.25) is 10.1 Å². The molecule has 122 valence electrons. The molecule has 0 aliphatic heterocycles. The number of rotatable bonds is 6. The first-order valence-electron chi connectivity index (χ1n) is 6.50. The maximum Gasteiger partial charge on any atom is 0.422 e. The average Bonchev–Trinajstić information content (AvgIpc) is 2.51. The lowest BCUT2D eigenvalue weighted by Gasteiger charge is -2.10. The Morgan fingerprint density at radius 3 is 2.26 bits per heavy atom. The molecule has 0 fully saturated rings. The lowest BCUT2D eigenvalue weighted by atomic mass is 10.2. The summed E-state index contributed by atoms with van der Waals surface area (Å²) in [6.07, 6.45) is -4.39. The van der Waals surface area contributed by atoms with Crippen molar-refractivity contribution in [3.05, 3.63) is 64.2 Å².